The molecular weight excluding hydrogens is 205 g/mol. The van der Waals surface area contributed by atoms with Gasteiger partial charge in [-0.25, -0.2) is 0 Å². The Balaban J connectivity index is 2.51. The van der Waals surface area contributed by atoms with E-state index in [4.69, 9.17) is 23.2 Å². The Morgan fingerprint density at radius 1 is 1.46 bits per heavy atom. The van der Waals surface area contributed by atoms with E-state index in [2.05, 4.69) is 12.2 Å². The first-order valence-electron chi connectivity index (χ1n) is 4.45. The number of rotatable bonds is 1. The van der Waals surface area contributed by atoms with Crippen molar-refractivity contribution in [3.63, 3.8) is 0 Å². The smallest absolute Gasteiger partial charge is 0.0476 e. The highest BCUT2D eigenvalue weighted by atomic mass is 35.5. The molecule has 1 heterocycles. The summed E-state index contributed by atoms with van der Waals surface area (Å²) in [4.78, 5) is 0. The molecule has 1 unspecified atom stereocenters. The molecule has 1 aliphatic heterocycles. The SMILES string of the molecule is CCC1CNc2cc(Cl)cc(Cl)c21. The molecule has 1 aliphatic rings. The average molecular weight is 216 g/mol. The summed E-state index contributed by atoms with van der Waals surface area (Å²) in [7, 11) is 0. The Bertz CT molecular complexity index is 336. The highest BCUT2D eigenvalue weighted by Gasteiger charge is 2.23. The number of hydrogen-bond acceptors (Lipinski definition) is 1. The molecule has 2 rings (SSSR count). The van der Waals surface area contributed by atoms with Crippen LogP contribution >= 0.6 is 23.2 Å². The number of fused-ring (bicyclic) bond motifs is 1. The van der Waals surface area contributed by atoms with Gasteiger partial charge < -0.3 is 5.32 Å². The molecule has 1 aromatic carbocycles. The molecule has 0 saturated carbocycles. The molecule has 0 radical (unpaired) electrons. The van der Waals surface area contributed by atoms with Gasteiger partial charge >= 0.3 is 0 Å². The monoisotopic (exact) mass is 215 g/mol. The topological polar surface area (TPSA) is 12.0 Å². The Kier molecular flexibility index (Phi) is 2.39. The number of hydrogen-bond donors (Lipinski definition) is 1. The number of benzene rings is 1. The number of anilines is 1. The third-order valence-electron chi connectivity index (χ3n) is 2.53. The van der Waals surface area contributed by atoms with Gasteiger partial charge in [0, 0.05) is 28.2 Å². The van der Waals surface area contributed by atoms with Crippen LogP contribution in [0, 0.1) is 0 Å². The van der Waals surface area contributed by atoms with Crippen molar-refractivity contribution in [3.8, 4) is 0 Å². The van der Waals surface area contributed by atoms with Crippen molar-refractivity contribution in [3.05, 3.63) is 27.7 Å². The van der Waals surface area contributed by atoms with Crippen molar-refractivity contribution in [1.82, 2.24) is 0 Å². The van der Waals surface area contributed by atoms with Gasteiger partial charge in [0.25, 0.3) is 0 Å². The standard InChI is InChI=1S/C10H11Cl2N/c1-2-6-5-13-9-4-7(11)3-8(12)10(6)9/h3-4,6,13H,2,5H2,1H3. The molecule has 0 aliphatic carbocycles. The quantitative estimate of drug-likeness (QED) is 0.750. The maximum atomic E-state index is 6.12. The highest BCUT2D eigenvalue weighted by molar-refractivity contribution is 6.35. The second-order valence-corrected chi connectivity index (χ2v) is 4.18. The van der Waals surface area contributed by atoms with Gasteiger partial charge in [0.2, 0.25) is 0 Å². The van der Waals surface area contributed by atoms with E-state index in [0.29, 0.717) is 10.9 Å². The molecule has 1 atom stereocenters. The van der Waals surface area contributed by atoms with Gasteiger partial charge in [-0.15, -0.1) is 0 Å². The minimum Gasteiger partial charge on any atom is -0.384 e. The Hall–Kier alpha value is -0.400. The van der Waals surface area contributed by atoms with Crippen molar-refractivity contribution in [2.75, 3.05) is 11.9 Å². The van der Waals surface area contributed by atoms with E-state index < -0.39 is 0 Å². The fourth-order valence-corrected chi connectivity index (χ4v) is 2.48. The third-order valence-corrected chi connectivity index (χ3v) is 3.07. The van der Waals surface area contributed by atoms with E-state index >= 15 is 0 Å². The van der Waals surface area contributed by atoms with E-state index in [1.807, 2.05) is 12.1 Å². The first kappa shape index (κ1) is 9.17. The van der Waals surface area contributed by atoms with Crippen LogP contribution < -0.4 is 5.32 Å². The van der Waals surface area contributed by atoms with E-state index in [-0.39, 0.29) is 0 Å². The lowest BCUT2D eigenvalue weighted by Crippen LogP contribution is -1.99. The molecule has 0 saturated heterocycles. The summed E-state index contributed by atoms with van der Waals surface area (Å²) in [6.07, 6.45) is 1.11. The first-order valence-corrected chi connectivity index (χ1v) is 5.20. The zero-order valence-corrected chi connectivity index (χ0v) is 8.91. The Morgan fingerprint density at radius 3 is 2.92 bits per heavy atom. The van der Waals surface area contributed by atoms with Gasteiger partial charge in [0.15, 0.2) is 0 Å². The maximum Gasteiger partial charge on any atom is 0.0476 e. The van der Waals surface area contributed by atoms with Crippen LogP contribution in [-0.2, 0) is 0 Å². The summed E-state index contributed by atoms with van der Waals surface area (Å²) in [6, 6.07) is 3.76. The molecule has 0 bridgehead atoms. The van der Waals surface area contributed by atoms with Crippen molar-refractivity contribution in [2.45, 2.75) is 19.3 Å². The number of nitrogens with one attached hydrogen (secondary N) is 1. The van der Waals surface area contributed by atoms with Crippen molar-refractivity contribution < 1.29 is 0 Å². The van der Waals surface area contributed by atoms with Crippen LogP contribution in [0.25, 0.3) is 0 Å². The molecule has 1 aromatic rings. The lowest BCUT2D eigenvalue weighted by Gasteiger charge is -2.08. The van der Waals surface area contributed by atoms with E-state index in [0.717, 1.165) is 23.7 Å². The summed E-state index contributed by atoms with van der Waals surface area (Å²) in [5.41, 5.74) is 2.33. The predicted molar refractivity (Wildman–Crippen MR) is 58.0 cm³/mol. The average Bonchev–Trinajstić information content (AvgIpc) is 2.47. The molecular formula is C10H11Cl2N. The van der Waals surface area contributed by atoms with Crippen molar-refractivity contribution in [1.29, 1.82) is 0 Å². The predicted octanol–water partition coefficient (Wildman–Crippen LogP) is 3.91. The van der Waals surface area contributed by atoms with Gasteiger partial charge in [-0.05, 0) is 24.1 Å². The Morgan fingerprint density at radius 2 is 2.23 bits per heavy atom. The lowest BCUT2D eigenvalue weighted by molar-refractivity contribution is 0.727. The summed E-state index contributed by atoms with van der Waals surface area (Å²) in [6.45, 7) is 3.15. The normalized spacial score (nSPS) is 19.8. The van der Waals surface area contributed by atoms with E-state index in [9.17, 15) is 0 Å². The van der Waals surface area contributed by atoms with Gasteiger partial charge in [-0.3, -0.25) is 0 Å². The van der Waals surface area contributed by atoms with Crippen molar-refractivity contribution in [2.24, 2.45) is 0 Å². The minimum atomic E-state index is 0.541. The van der Waals surface area contributed by atoms with Crippen LogP contribution in [-0.4, -0.2) is 6.54 Å². The summed E-state index contributed by atoms with van der Waals surface area (Å²) in [5.74, 6) is 0.541. The van der Waals surface area contributed by atoms with Gasteiger partial charge in [-0.1, -0.05) is 30.1 Å². The molecule has 0 aromatic heterocycles. The molecule has 1 nitrogen and oxygen atoms in total. The van der Waals surface area contributed by atoms with Crippen LogP contribution in [0.15, 0.2) is 12.1 Å². The second-order valence-electron chi connectivity index (χ2n) is 3.33. The highest BCUT2D eigenvalue weighted by Crippen LogP contribution is 2.40. The molecule has 3 heteroatoms. The molecule has 1 N–H and O–H groups in total. The fraction of sp³-hybridized carbons (Fsp3) is 0.400. The van der Waals surface area contributed by atoms with E-state index in [1.54, 1.807) is 0 Å². The lowest BCUT2D eigenvalue weighted by atomic mass is 9.99. The maximum absolute atomic E-state index is 6.12. The zero-order chi connectivity index (χ0) is 9.42. The van der Waals surface area contributed by atoms with E-state index in [1.165, 1.54) is 5.56 Å². The molecule has 0 fully saturated rings. The van der Waals surface area contributed by atoms with Gasteiger partial charge in [-0.2, -0.15) is 0 Å². The van der Waals surface area contributed by atoms with Crippen LogP contribution in [0.3, 0.4) is 0 Å². The largest absolute Gasteiger partial charge is 0.384 e. The minimum absolute atomic E-state index is 0.541. The molecule has 0 spiro atoms. The van der Waals surface area contributed by atoms with Crippen LogP contribution in [0.2, 0.25) is 10.0 Å². The second kappa shape index (κ2) is 3.39. The van der Waals surface area contributed by atoms with Gasteiger partial charge in [0.05, 0.1) is 0 Å². The Labute approximate surface area is 88.0 Å². The van der Waals surface area contributed by atoms with Crippen LogP contribution in [0.1, 0.15) is 24.8 Å². The summed E-state index contributed by atoms with van der Waals surface area (Å²) in [5, 5.41) is 4.81. The summed E-state index contributed by atoms with van der Waals surface area (Å²) >= 11 is 12.0. The molecule has 70 valence electrons. The fourth-order valence-electron chi connectivity index (χ4n) is 1.83. The molecule has 13 heavy (non-hydrogen) atoms. The van der Waals surface area contributed by atoms with Crippen LogP contribution in [0.4, 0.5) is 5.69 Å². The summed E-state index contributed by atoms with van der Waals surface area (Å²) < 4.78 is 0. The third kappa shape index (κ3) is 1.51. The molecule has 0 amide bonds. The number of halogens is 2. The van der Waals surface area contributed by atoms with Crippen LogP contribution in [0.5, 0.6) is 0 Å². The first-order chi connectivity index (χ1) is 6.22. The van der Waals surface area contributed by atoms with Gasteiger partial charge in [0.1, 0.15) is 0 Å². The van der Waals surface area contributed by atoms with Crippen molar-refractivity contribution >= 4 is 28.9 Å². The zero-order valence-electron chi connectivity index (χ0n) is 7.40.